The van der Waals surface area contributed by atoms with E-state index in [9.17, 15) is 13.2 Å². The van der Waals surface area contributed by atoms with Crippen LogP contribution in [0.5, 0.6) is 0 Å². The average Bonchev–Trinajstić information content (AvgIpc) is 2.88. The first-order valence-corrected chi connectivity index (χ1v) is 8.66. The second kappa shape index (κ2) is 6.37. The van der Waals surface area contributed by atoms with Gasteiger partial charge >= 0.3 is 0 Å². The second-order valence-electron chi connectivity index (χ2n) is 5.11. The number of ether oxygens (including phenoxy) is 1. The number of carbonyl (C=O) groups excluding carboxylic acids is 1. The van der Waals surface area contributed by atoms with Gasteiger partial charge in [-0.3, -0.25) is 4.79 Å². The zero-order valence-corrected chi connectivity index (χ0v) is 12.3. The third-order valence-corrected chi connectivity index (χ3v) is 4.02. The molecule has 1 fully saturated rings. The summed E-state index contributed by atoms with van der Waals surface area (Å²) in [5.74, 6) is -0.170. The van der Waals surface area contributed by atoms with Crippen LogP contribution in [0.1, 0.15) is 28.8 Å². The standard InChI is InChI=1S/C14H19NO4S/c1-20(17,18)10-11-4-6-12(7-5-11)14(16)15-9-13-3-2-8-19-13/h4-7,13H,2-3,8-10H2,1H3,(H,15,16)/t13-/m1/s1. The molecule has 1 aromatic rings. The SMILES string of the molecule is CS(=O)(=O)Cc1ccc(C(=O)NC[C@H]2CCCO2)cc1. The summed E-state index contributed by atoms with van der Waals surface area (Å²) in [6, 6.07) is 6.63. The number of hydrogen-bond acceptors (Lipinski definition) is 4. The Kier molecular flexibility index (Phi) is 4.77. The van der Waals surface area contributed by atoms with Crippen LogP contribution in [-0.2, 0) is 20.3 Å². The summed E-state index contributed by atoms with van der Waals surface area (Å²) in [7, 11) is -3.05. The lowest BCUT2D eigenvalue weighted by molar-refractivity contribution is 0.0858. The van der Waals surface area contributed by atoms with E-state index in [0.29, 0.717) is 17.7 Å². The summed E-state index contributed by atoms with van der Waals surface area (Å²) in [5, 5.41) is 2.83. The maximum absolute atomic E-state index is 11.9. The van der Waals surface area contributed by atoms with Crippen LogP contribution in [0.4, 0.5) is 0 Å². The molecular formula is C14H19NO4S. The first-order chi connectivity index (χ1) is 9.44. The predicted octanol–water partition coefficient (Wildman–Crippen LogP) is 1.14. The fourth-order valence-electron chi connectivity index (χ4n) is 2.17. The van der Waals surface area contributed by atoms with Crippen molar-refractivity contribution in [1.82, 2.24) is 5.32 Å². The first kappa shape index (κ1) is 15.0. The summed E-state index contributed by atoms with van der Waals surface area (Å²) in [5.41, 5.74) is 1.21. The van der Waals surface area contributed by atoms with Crippen LogP contribution in [0.3, 0.4) is 0 Å². The number of hydrogen-bond donors (Lipinski definition) is 1. The highest BCUT2D eigenvalue weighted by Gasteiger charge is 2.16. The maximum atomic E-state index is 11.9. The Morgan fingerprint density at radius 2 is 2.05 bits per heavy atom. The van der Waals surface area contributed by atoms with E-state index in [2.05, 4.69) is 5.32 Å². The Labute approximate surface area is 119 Å². The molecule has 1 aromatic carbocycles. The van der Waals surface area contributed by atoms with E-state index in [4.69, 9.17) is 4.74 Å². The molecule has 1 N–H and O–H groups in total. The Morgan fingerprint density at radius 1 is 1.35 bits per heavy atom. The molecule has 6 heteroatoms. The Hall–Kier alpha value is -1.40. The number of benzene rings is 1. The Balaban J connectivity index is 1.90. The van der Waals surface area contributed by atoms with Crippen molar-refractivity contribution in [3.63, 3.8) is 0 Å². The van der Waals surface area contributed by atoms with E-state index in [-0.39, 0.29) is 17.8 Å². The Morgan fingerprint density at radius 3 is 2.60 bits per heavy atom. The van der Waals surface area contributed by atoms with Gasteiger partial charge in [-0.15, -0.1) is 0 Å². The zero-order valence-electron chi connectivity index (χ0n) is 11.5. The molecule has 0 radical (unpaired) electrons. The van der Waals surface area contributed by atoms with Gasteiger partial charge in [-0.2, -0.15) is 0 Å². The van der Waals surface area contributed by atoms with Crippen molar-refractivity contribution >= 4 is 15.7 Å². The van der Waals surface area contributed by atoms with Gasteiger partial charge in [-0.1, -0.05) is 12.1 Å². The molecule has 2 rings (SSSR count). The highest BCUT2D eigenvalue weighted by molar-refractivity contribution is 7.89. The molecule has 5 nitrogen and oxygen atoms in total. The first-order valence-electron chi connectivity index (χ1n) is 6.60. The summed E-state index contributed by atoms with van der Waals surface area (Å²) in [4.78, 5) is 11.9. The summed E-state index contributed by atoms with van der Waals surface area (Å²) in [6.45, 7) is 1.28. The fraction of sp³-hybridized carbons (Fsp3) is 0.500. The number of amides is 1. The number of sulfone groups is 1. The van der Waals surface area contributed by atoms with Gasteiger partial charge in [0, 0.05) is 25.0 Å². The minimum absolute atomic E-state index is 0.00911. The van der Waals surface area contributed by atoms with Crippen molar-refractivity contribution in [1.29, 1.82) is 0 Å². The van der Waals surface area contributed by atoms with Gasteiger partial charge in [0.2, 0.25) is 0 Å². The number of carbonyl (C=O) groups is 1. The van der Waals surface area contributed by atoms with Gasteiger partial charge < -0.3 is 10.1 Å². The Bertz CT molecular complexity index is 559. The topological polar surface area (TPSA) is 72.5 Å². The molecule has 0 bridgehead atoms. The molecule has 0 aliphatic carbocycles. The molecule has 0 saturated carbocycles. The molecule has 0 aromatic heterocycles. The number of rotatable bonds is 5. The monoisotopic (exact) mass is 297 g/mol. The quantitative estimate of drug-likeness (QED) is 0.884. The second-order valence-corrected chi connectivity index (χ2v) is 7.25. The lowest BCUT2D eigenvalue weighted by Crippen LogP contribution is -2.31. The minimum atomic E-state index is -3.05. The van der Waals surface area contributed by atoms with Crippen molar-refractivity contribution in [2.24, 2.45) is 0 Å². The summed E-state index contributed by atoms with van der Waals surface area (Å²) in [6.07, 6.45) is 3.33. The van der Waals surface area contributed by atoms with Crippen molar-refractivity contribution in [3.05, 3.63) is 35.4 Å². The lowest BCUT2D eigenvalue weighted by Gasteiger charge is -2.11. The van der Waals surface area contributed by atoms with E-state index < -0.39 is 9.84 Å². The van der Waals surface area contributed by atoms with Crippen LogP contribution in [0.2, 0.25) is 0 Å². The molecule has 0 spiro atoms. The van der Waals surface area contributed by atoms with Gasteiger partial charge in [-0.25, -0.2) is 8.42 Å². The van der Waals surface area contributed by atoms with Crippen LogP contribution >= 0.6 is 0 Å². The van der Waals surface area contributed by atoms with Gasteiger partial charge in [0.1, 0.15) is 0 Å². The van der Waals surface area contributed by atoms with Gasteiger partial charge in [-0.05, 0) is 30.5 Å². The molecule has 110 valence electrons. The predicted molar refractivity (Wildman–Crippen MR) is 76.3 cm³/mol. The largest absolute Gasteiger partial charge is 0.376 e. The van der Waals surface area contributed by atoms with Crippen LogP contribution < -0.4 is 5.32 Å². The van der Waals surface area contributed by atoms with Crippen LogP contribution in [-0.4, -0.2) is 39.8 Å². The highest BCUT2D eigenvalue weighted by Crippen LogP contribution is 2.11. The summed E-state index contributed by atoms with van der Waals surface area (Å²) < 4.78 is 27.8. The van der Waals surface area contributed by atoms with Crippen molar-refractivity contribution in [2.45, 2.75) is 24.7 Å². The molecule has 1 amide bonds. The maximum Gasteiger partial charge on any atom is 0.251 e. The number of nitrogens with one attached hydrogen (secondary N) is 1. The molecule has 1 aliphatic rings. The van der Waals surface area contributed by atoms with Gasteiger partial charge in [0.05, 0.1) is 11.9 Å². The lowest BCUT2D eigenvalue weighted by atomic mass is 10.1. The van der Waals surface area contributed by atoms with Gasteiger partial charge in [0.15, 0.2) is 9.84 Å². The van der Waals surface area contributed by atoms with Crippen molar-refractivity contribution in [3.8, 4) is 0 Å². The van der Waals surface area contributed by atoms with E-state index in [1.165, 1.54) is 6.26 Å². The highest BCUT2D eigenvalue weighted by atomic mass is 32.2. The summed E-state index contributed by atoms with van der Waals surface area (Å²) >= 11 is 0. The molecule has 20 heavy (non-hydrogen) atoms. The van der Waals surface area contributed by atoms with Gasteiger partial charge in [0.25, 0.3) is 5.91 Å². The normalized spacial score (nSPS) is 18.9. The van der Waals surface area contributed by atoms with Crippen molar-refractivity contribution < 1.29 is 17.9 Å². The van der Waals surface area contributed by atoms with Crippen LogP contribution in [0.15, 0.2) is 24.3 Å². The molecule has 0 unspecified atom stereocenters. The zero-order chi connectivity index (χ0) is 14.6. The molecule has 1 atom stereocenters. The van der Waals surface area contributed by atoms with E-state index >= 15 is 0 Å². The third-order valence-electron chi connectivity index (χ3n) is 3.16. The van der Waals surface area contributed by atoms with Crippen molar-refractivity contribution in [2.75, 3.05) is 19.4 Å². The molecule has 1 aliphatic heterocycles. The van der Waals surface area contributed by atoms with E-state index in [0.717, 1.165) is 19.4 Å². The average molecular weight is 297 g/mol. The van der Waals surface area contributed by atoms with E-state index in [1.54, 1.807) is 24.3 Å². The molecule has 1 heterocycles. The smallest absolute Gasteiger partial charge is 0.251 e. The third kappa shape index (κ3) is 4.61. The molecule has 1 saturated heterocycles. The minimum Gasteiger partial charge on any atom is -0.376 e. The van der Waals surface area contributed by atoms with E-state index in [1.807, 2.05) is 0 Å². The van der Waals surface area contributed by atoms with Crippen LogP contribution in [0.25, 0.3) is 0 Å². The fourth-order valence-corrected chi connectivity index (χ4v) is 2.97. The van der Waals surface area contributed by atoms with Crippen LogP contribution in [0, 0.1) is 0 Å². The molecular weight excluding hydrogens is 278 g/mol.